The number of carbonyl (C=O) groups is 1. The summed E-state index contributed by atoms with van der Waals surface area (Å²) in [4.78, 5) is 25.9. The number of amides is 1. The number of oxazole rings is 1. The second-order valence-corrected chi connectivity index (χ2v) is 7.77. The number of carbonyl (C=O) groups excluding carboxylic acids is 1. The molecule has 31 heavy (non-hydrogen) atoms. The first-order valence-corrected chi connectivity index (χ1v) is 10.3. The molecule has 0 aliphatic rings. The predicted octanol–water partition coefficient (Wildman–Crippen LogP) is 2.81. The lowest BCUT2D eigenvalue weighted by Gasteiger charge is -2.17. The van der Waals surface area contributed by atoms with Gasteiger partial charge in [-0.15, -0.1) is 0 Å². The predicted molar refractivity (Wildman–Crippen MR) is 120 cm³/mol. The van der Waals surface area contributed by atoms with Crippen LogP contribution >= 0.6 is 0 Å². The van der Waals surface area contributed by atoms with Gasteiger partial charge < -0.3 is 25.4 Å². The quantitative estimate of drug-likeness (QED) is 0.419. The van der Waals surface area contributed by atoms with Crippen LogP contribution in [0.2, 0.25) is 0 Å². The molecule has 0 saturated carbocycles. The summed E-state index contributed by atoms with van der Waals surface area (Å²) >= 11 is 0. The molecule has 0 fully saturated rings. The highest BCUT2D eigenvalue weighted by Gasteiger charge is 2.20. The molecule has 4 N–H and O–H groups in total. The first-order valence-electron chi connectivity index (χ1n) is 10.3. The Balaban J connectivity index is 1.63. The molecule has 0 radical (unpaired) electrons. The van der Waals surface area contributed by atoms with E-state index in [1.54, 1.807) is 13.4 Å². The zero-order valence-corrected chi connectivity index (χ0v) is 18.1. The Kier molecular flexibility index (Phi) is 5.60. The molecule has 1 aromatic carbocycles. The van der Waals surface area contributed by atoms with Crippen molar-refractivity contribution in [2.24, 2.45) is 18.7 Å². The largest absolute Gasteiger partial charge is 0.418 e. The van der Waals surface area contributed by atoms with Crippen LogP contribution in [0.4, 0.5) is 5.82 Å². The van der Waals surface area contributed by atoms with E-state index in [-0.39, 0.29) is 11.8 Å². The average Bonchev–Trinajstić information content (AvgIpc) is 3.39. The Morgan fingerprint density at radius 3 is 2.84 bits per heavy atom. The molecule has 4 aromatic rings. The minimum atomic E-state index is -0.515. The standard InChI is InChI=1S/C22H27N7O2/c1-5-12(2)15(23)20(30)25-10-13-7-6-8-14(9-13)21-27-17-18-16(26-11-29(18)4)19(24-3)28-22(17)31-21/h6-9,11-12,15H,5,10,23H2,1-4H3,(H,24,28)(H,25,30). The van der Waals surface area contributed by atoms with Crippen molar-refractivity contribution in [3.05, 3.63) is 36.2 Å². The maximum Gasteiger partial charge on any atom is 0.251 e. The minimum Gasteiger partial charge on any atom is -0.418 e. The van der Waals surface area contributed by atoms with Crippen molar-refractivity contribution in [3.63, 3.8) is 0 Å². The van der Waals surface area contributed by atoms with E-state index in [0.29, 0.717) is 29.5 Å². The van der Waals surface area contributed by atoms with Crippen LogP contribution in [0.3, 0.4) is 0 Å². The van der Waals surface area contributed by atoms with Crippen LogP contribution < -0.4 is 16.4 Å². The highest BCUT2D eigenvalue weighted by molar-refractivity contribution is 6.03. The van der Waals surface area contributed by atoms with Crippen LogP contribution in [0.15, 0.2) is 35.0 Å². The average molecular weight is 422 g/mol. The number of anilines is 1. The fourth-order valence-corrected chi connectivity index (χ4v) is 3.51. The van der Waals surface area contributed by atoms with Gasteiger partial charge in [0.15, 0.2) is 11.3 Å². The van der Waals surface area contributed by atoms with E-state index in [1.165, 1.54) is 0 Å². The number of nitrogens with zero attached hydrogens (tertiary/aromatic N) is 4. The zero-order valence-electron chi connectivity index (χ0n) is 18.1. The molecule has 3 heterocycles. The number of nitrogens with one attached hydrogen (secondary N) is 2. The van der Waals surface area contributed by atoms with Gasteiger partial charge in [-0.2, -0.15) is 4.98 Å². The molecular formula is C22H27N7O2. The fourth-order valence-electron chi connectivity index (χ4n) is 3.51. The minimum absolute atomic E-state index is 0.130. The number of aromatic nitrogens is 4. The Morgan fingerprint density at radius 1 is 1.29 bits per heavy atom. The zero-order chi connectivity index (χ0) is 22.1. The number of hydrogen-bond donors (Lipinski definition) is 3. The molecule has 0 aliphatic heterocycles. The Labute approximate surface area is 180 Å². The summed E-state index contributed by atoms with van der Waals surface area (Å²) < 4.78 is 7.88. The van der Waals surface area contributed by atoms with E-state index < -0.39 is 6.04 Å². The number of pyridine rings is 1. The topological polar surface area (TPSA) is 124 Å². The SMILES string of the molecule is CCC(C)C(N)C(=O)NCc1cccc(-c2nc3c(nc(NC)c4ncn(C)c43)o2)c1. The lowest BCUT2D eigenvalue weighted by Crippen LogP contribution is -2.44. The highest BCUT2D eigenvalue weighted by atomic mass is 16.4. The molecule has 9 nitrogen and oxygen atoms in total. The molecule has 9 heteroatoms. The molecule has 0 spiro atoms. The van der Waals surface area contributed by atoms with E-state index >= 15 is 0 Å². The monoisotopic (exact) mass is 421 g/mol. The van der Waals surface area contributed by atoms with Gasteiger partial charge in [-0.25, -0.2) is 9.97 Å². The third kappa shape index (κ3) is 3.84. The number of imidazole rings is 1. The van der Waals surface area contributed by atoms with Crippen LogP contribution in [-0.4, -0.2) is 38.5 Å². The molecule has 2 unspecified atom stereocenters. The second kappa shape index (κ2) is 8.35. The molecule has 3 aromatic heterocycles. The van der Waals surface area contributed by atoms with Gasteiger partial charge in [-0.05, 0) is 23.6 Å². The first-order chi connectivity index (χ1) is 14.9. The Morgan fingerprint density at radius 2 is 2.10 bits per heavy atom. The van der Waals surface area contributed by atoms with Gasteiger partial charge >= 0.3 is 0 Å². The third-order valence-corrected chi connectivity index (χ3v) is 5.65. The summed E-state index contributed by atoms with van der Waals surface area (Å²) in [6.45, 7) is 4.38. The van der Waals surface area contributed by atoms with Crippen LogP contribution in [0.25, 0.3) is 33.7 Å². The molecule has 0 bridgehead atoms. The number of fused-ring (bicyclic) bond motifs is 3. The van der Waals surface area contributed by atoms with Gasteiger partial charge in [0.25, 0.3) is 5.71 Å². The van der Waals surface area contributed by atoms with Gasteiger partial charge in [-0.1, -0.05) is 32.4 Å². The maximum atomic E-state index is 12.3. The van der Waals surface area contributed by atoms with Gasteiger partial charge in [0.1, 0.15) is 11.0 Å². The summed E-state index contributed by atoms with van der Waals surface area (Å²) in [5, 5.41) is 5.97. The van der Waals surface area contributed by atoms with E-state index in [9.17, 15) is 4.79 Å². The maximum absolute atomic E-state index is 12.3. The number of hydrogen-bond acceptors (Lipinski definition) is 7. The van der Waals surface area contributed by atoms with Gasteiger partial charge in [0.2, 0.25) is 11.8 Å². The van der Waals surface area contributed by atoms with Gasteiger partial charge in [0.05, 0.1) is 12.4 Å². The smallest absolute Gasteiger partial charge is 0.251 e. The Bertz CT molecular complexity index is 1240. The number of nitrogens with two attached hydrogens (primary N) is 1. The molecule has 0 aliphatic carbocycles. The molecular weight excluding hydrogens is 394 g/mol. The molecule has 162 valence electrons. The van der Waals surface area contributed by atoms with E-state index in [2.05, 4.69) is 20.6 Å². The third-order valence-electron chi connectivity index (χ3n) is 5.65. The molecule has 4 rings (SSSR count). The normalized spacial score (nSPS) is 13.5. The van der Waals surface area contributed by atoms with Crippen LogP contribution in [0.1, 0.15) is 25.8 Å². The summed E-state index contributed by atoms with van der Waals surface area (Å²) in [5.74, 6) is 1.08. The lowest BCUT2D eigenvalue weighted by molar-refractivity contribution is -0.123. The number of rotatable bonds is 7. The summed E-state index contributed by atoms with van der Waals surface area (Å²) in [5.41, 5.74) is 10.4. The van der Waals surface area contributed by atoms with Crippen LogP contribution in [0.5, 0.6) is 0 Å². The van der Waals surface area contributed by atoms with E-state index in [4.69, 9.17) is 15.1 Å². The van der Waals surface area contributed by atoms with E-state index in [1.807, 2.05) is 49.7 Å². The first kappa shape index (κ1) is 20.8. The van der Waals surface area contributed by atoms with Crippen molar-refractivity contribution in [3.8, 4) is 11.5 Å². The second-order valence-electron chi connectivity index (χ2n) is 7.77. The van der Waals surface area contributed by atoms with Crippen molar-refractivity contribution in [1.29, 1.82) is 0 Å². The van der Waals surface area contributed by atoms with Gasteiger partial charge in [-0.3, -0.25) is 4.79 Å². The Hall–Kier alpha value is -3.46. The van der Waals surface area contributed by atoms with E-state index in [0.717, 1.165) is 28.6 Å². The van der Waals surface area contributed by atoms with Crippen molar-refractivity contribution >= 4 is 34.0 Å². The summed E-state index contributed by atoms with van der Waals surface area (Å²) in [6.07, 6.45) is 2.59. The number of benzene rings is 1. The molecule has 2 atom stereocenters. The van der Waals surface area contributed by atoms with Crippen LogP contribution in [-0.2, 0) is 18.4 Å². The van der Waals surface area contributed by atoms with Crippen molar-refractivity contribution in [2.45, 2.75) is 32.9 Å². The van der Waals surface area contributed by atoms with Crippen molar-refractivity contribution < 1.29 is 9.21 Å². The van der Waals surface area contributed by atoms with Gasteiger partial charge in [0, 0.05) is 26.2 Å². The fraction of sp³-hybridized carbons (Fsp3) is 0.364. The summed E-state index contributed by atoms with van der Waals surface area (Å²) in [6, 6.07) is 7.20. The molecule has 1 amide bonds. The van der Waals surface area contributed by atoms with Crippen molar-refractivity contribution in [1.82, 2.24) is 24.8 Å². The lowest BCUT2D eigenvalue weighted by atomic mass is 9.99. The molecule has 0 saturated heterocycles. The highest BCUT2D eigenvalue weighted by Crippen LogP contribution is 2.31. The van der Waals surface area contributed by atoms with Crippen molar-refractivity contribution in [2.75, 3.05) is 12.4 Å². The number of aryl methyl sites for hydroxylation is 1. The van der Waals surface area contributed by atoms with Crippen LogP contribution in [0, 0.1) is 5.92 Å². The summed E-state index contributed by atoms with van der Waals surface area (Å²) in [7, 11) is 3.71.